The molecule has 1 aliphatic rings. The minimum Gasteiger partial charge on any atom is -0.454 e. The fourth-order valence-electron chi connectivity index (χ4n) is 10.5. The van der Waals surface area contributed by atoms with Crippen LogP contribution in [0.2, 0.25) is 0 Å². The molecule has 1 rings (SSSR count). The molecule has 0 aliphatic carbocycles. The van der Waals surface area contributed by atoms with E-state index in [0.29, 0.717) is 12.8 Å². The Labute approximate surface area is 514 Å². The van der Waals surface area contributed by atoms with E-state index in [1.165, 1.54) is 173 Å². The molecule has 0 saturated carbocycles. The Morgan fingerprint density at radius 3 is 1.25 bits per heavy atom. The lowest BCUT2D eigenvalue weighted by molar-refractivity contribution is -0.305. The molecular weight excluding hydrogens is 1050 g/mol. The summed E-state index contributed by atoms with van der Waals surface area (Å²) in [5.74, 6) is -1.22. The van der Waals surface area contributed by atoms with E-state index in [-0.39, 0.29) is 19.4 Å². The number of aliphatic hydroxyl groups excluding tert-OH is 5. The summed E-state index contributed by atoms with van der Waals surface area (Å²) >= 11 is 0. The molecule has 11 nitrogen and oxygen atoms in total. The molecule has 1 fully saturated rings. The van der Waals surface area contributed by atoms with Crippen LogP contribution in [0.1, 0.15) is 303 Å². The highest BCUT2D eigenvalue weighted by atomic mass is 16.7. The van der Waals surface area contributed by atoms with E-state index in [9.17, 15) is 35.1 Å². The molecule has 1 aliphatic heterocycles. The Balaban J connectivity index is 2.60. The zero-order valence-electron chi connectivity index (χ0n) is 54.0. The van der Waals surface area contributed by atoms with Crippen molar-refractivity contribution in [2.45, 2.75) is 352 Å². The molecule has 0 aromatic rings. The SMILES string of the molecule is CCCCC/C=C\C/C=C\C/C=C\C/C=C\CCCCC(O)C(=O)NC(COC1OC(CO)C(O)C(O)C1OC(=O)CCCCCCCCCCCCCCCCC/C=C\C/C=C\CCCCC)C(O)/C=C/CCCCCCCCCCCC. The summed E-state index contributed by atoms with van der Waals surface area (Å²) in [6, 6.07) is -1.04. The van der Waals surface area contributed by atoms with Crippen LogP contribution >= 0.6 is 0 Å². The van der Waals surface area contributed by atoms with Gasteiger partial charge in [0.1, 0.15) is 24.4 Å². The highest BCUT2D eigenvalue weighted by Gasteiger charge is 2.47. The van der Waals surface area contributed by atoms with Gasteiger partial charge in [-0.2, -0.15) is 0 Å². The van der Waals surface area contributed by atoms with Gasteiger partial charge in [0.05, 0.1) is 25.4 Å². The third-order valence-corrected chi connectivity index (χ3v) is 16.0. The van der Waals surface area contributed by atoms with Crippen LogP contribution in [0.25, 0.3) is 0 Å². The maximum atomic E-state index is 13.4. The summed E-state index contributed by atoms with van der Waals surface area (Å²) in [4.78, 5) is 26.6. The van der Waals surface area contributed by atoms with Crippen LogP contribution in [-0.2, 0) is 23.8 Å². The first-order valence-corrected chi connectivity index (χ1v) is 34.9. The number of unbranched alkanes of at least 4 members (excludes halogenated alkanes) is 33. The molecule has 0 spiro atoms. The first-order chi connectivity index (χ1) is 41.2. The zero-order chi connectivity index (χ0) is 61.0. The van der Waals surface area contributed by atoms with Crippen LogP contribution in [-0.4, -0.2) is 99.6 Å². The fourth-order valence-corrected chi connectivity index (χ4v) is 10.5. The first kappa shape index (κ1) is 78.9. The number of esters is 1. The molecule has 8 unspecified atom stereocenters. The fraction of sp³-hybridized carbons (Fsp3) is 0.781. The summed E-state index contributed by atoms with van der Waals surface area (Å²) in [5, 5.41) is 57.1. The van der Waals surface area contributed by atoms with Gasteiger partial charge in [0.25, 0.3) is 0 Å². The summed E-state index contributed by atoms with van der Waals surface area (Å²) in [5.41, 5.74) is 0. The average molecular weight is 1180 g/mol. The Hall–Kier alpha value is -3.16. The van der Waals surface area contributed by atoms with E-state index in [2.05, 4.69) is 99.0 Å². The number of ether oxygens (including phenoxy) is 3. The minimum atomic E-state index is -1.62. The first-order valence-electron chi connectivity index (χ1n) is 34.9. The van der Waals surface area contributed by atoms with E-state index in [1.54, 1.807) is 6.08 Å². The topological polar surface area (TPSA) is 175 Å². The molecule has 8 atom stereocenters. The van der Waals surface area contributed by atoms with Gasteiger partial charge < -0.3 is 45.1 Å². The van der Waals surface area contributed by atoms with Crippen LogP contribution in [0.15, 0.2) is 85.1 Å². The number of carbonyl (C=O) groups is 2. The van der Waals surface area contributed by atoms with Crippen LogP contribution < -0.4 is 5.32 Å². The third kappa shape index (κ3) is 47.0. The third-order valence-electron chi connectivity index (χ3n) is 16.0. The predicted molar refractivity (Wildman–Crippen MR) is 352 cm³/mol. The van der Waals surface area contributed by atoms with Gasteiger partial charge in [0, 0.05) is 6.42 Å². The van der Waals surface area contributed by atoms with Crippen molar-refractivity contribution in [2.75, 3.05) is 13.2 Å². The molecule has 1 heterocycles. The molecule has 0 bridgehead atoms. The van der Waals surface area contributed by atoms with Crippen LogP contribution in [0.4, 0.5) is 0 Å². The van der Waals surface area contributed by atoms with Gasteiger partial charge >= 0.3 is 5.97 Å². The Kier molecular flexibility index (Phi) is 56.5. The van der Waals surface area contributed by atoms with Gasteiger partial charge in [-0.25, -0.2) is 0 Å². The number of hydrogen-bond donors (Lipinski definition) is 6. The van der Waals surface area contributed by atoms with Crippen molar-refractivity contribution in [3.05, 3.63) is 85.1 Å². The van der Waals surface area contributed by atoms with E-state index in [1.807, 2.05) is 6.08 Å². The summed E-state index contributed by atoms with van der Waals surface area (Å²) in [6.45, 7) is 5.74. The lowest BCUT2D eigenvalue weighted by atomic mass is 9.99. The number of aliphatic hydroxyl groups is 5. The number of carbonyl (C=O) groups excluding carboxylic acids is 2. The Morgan fingerprint density at radius 1 is 0.464 bits per heavy atom. The normalized spacial score (nSPS) is 19.0. The van der Waals surface area contributed by atoms with Gasteiger partial charge in [-0.15, -0.1) is 0 Å². The summed E-state index contributed by atoms with van der Waals surface area (Å²) in [7, 11) is 0. The van der Waals surface area contributed by atoms with Gasteiger partial charge in [-0.05, 0) is 103 Å². The maximum absolute atomic E-state index is 13.4. The molecule has 486 valence electrons. The van der Waals surface area contributed by atoms with Crippen LogP contribution in [0.5, 0.6) is 0 Å². The summed E-state index contributed by atoms with van der Waals surface area (Å²) < 4.78 is 17.7. The molecule has 6 N–H and O–H groups in total. The van der Waals surface area contributed by atoms with Crippen molar-refractivity contribution in [1.29, 1.82) is 0 Å². The van der Waals surface area contributed by atoms with Gasteiger partial charge in [-0.3, -0.25) is 9.59 Å². The van der Waals surface area contributed by atoms with Crippen LogP contribution in [0, 0.1) is 0 Å². The second kappa shape index (κ2) is 60.1. The number of amides is 1. The van der Waals surface area contributed by atoms with E-state index in [4.69, 9.17) is 14.2 Å². The van der Waals surface area contributed by atoms with Crippen molar-refractivity contribution in [1.82, 2.24) is 5.32 Å². The number of rotatable bonds is 59. The molecular formula is C73H129NO10. The Morgan fingerprint density at radius 2 is 0.821 bits per heavy atom. The van der Waals surface area contributed by atoms with E-state index >= 15 is 0 Å². The lowest BCUT2D eigenvalue weighted by Gasteiger charge is -2.41. The number of nitrogens with one attached hydrogen (secondary N) is 1. The number of allylic oxidation sites excluding steroid dienone is 13. The molecule has 1 amide bonds. The second-order valence-corrected chi connectivity index (χ2v) is 23.9. The highest BCUT2D eigenvalue weighted by Crippen LogP contribution is 2.26. The van der Waals surface area contributed by atoms with Crippen molar-refractivity contribution in [3.63, 3.8) is 0 Å². The van der Waals surface area contributed by atoms with Crippen LogP contribution in [0.3, 0.4) is 0 Å². The van der Waals surface area contributed by atoms with Gasteiger partial charge in [0.2, 0.25) is 5.91 Å². The average Bonchev–Trinajstić information content (AvgIpc) is 3.67. The molecule has 0 aromatic heterocycles. The van der Waals surface area contributed by atoms with E-state index < -0.39 is 67.4 Å². The van der Waals surface area contributed by atoms with Crippen molar-refractivity contribution >= 4 is 11.9 Å². The quantitative estimate of drug-likeness (QED) is 0.0195. The zero-order valence-corrected chi connectivity index (χ0v) is 54.0. The highest BCUT2D eigenvalue weighted by molar-refractivity contribution is 5.80. The summed E-state index contributed by atoms with van der Waals surface area (Å²) in [6.07, 6.45) is 69.1. The molecule has 0 radical (unpaired) electrons. The van der Waals surface area contributed by atoms with Crippen molar-refractivity contribution in [2.24, 2.45) is 0 Å². The number of hydrogen-bond acceptors (Lipinski definition) is 10. The second-order valence-electron chi connectivity index (χ2n) is 23.9. The molecule has 84 heavy (non-hydrogen) atoms. The minimum absolute atomic E-state index is 0.117. The predicted octanol–water partition coefficient (Wildman–Crippen LogP) is 17.7. The largest absolute Gasteiger partial charge is 0.454 e. The monoisotopic (exact) mass is 1180 g/mol. The smallest absolute Gasteiger partial charge is 0.306 e. The standard InChI is InChI=1S/C73H129NO10/c1-4-7-10-13-16-19-22-25-27-29-31-32-33-34-35-36-37-39-41-43-46-49-52-55-58-61-68(78)84-71-70(80)69(79)67(62-75)83-73(71)82-63-64(65(76)59-56-53-50-47-44-24-21-18-15-12-9-6-3)74-72(81)66(77)60-57-54-51-48-45-42-40-38-30-28-26-23-20-17-14-11-8-5-2/h16-17,19-20,25-28,38,40,45,48,56,59,64-67,69-71,73,75-77,79-80H,4-15,18,21-24,29-37,39,41-44,46-47,49-55,57-58,60-63H2,1-3H3,(H,74,81)/b19-16-,20-17-,27-25-,28-26-,40-38-,48-45-,59-56+. The van der Waals surface area contributed by atoms with Gasteiger partial charge in [-0.1, -0.05) is 279 Å². The van der Waals surface area contributed by atoms with Gasteiger partial charge in [0.15, 0.2) is 12.4 Å². The van der Waals surface area contributed by atoms with Crippen molar-refractivity contribution < 1.29 is 49.3 Å². The molecule has 1 saturated heterocycles. The maximum Gasteiger partial charge on any atom is 0.306 e. The Bertz CT molecular complexity index is 1690. The lowest BCUT2D eigenvalue weighted by Crippen LogP contribution is -2.61. The molecule has 11 heteroatoms. The van der Waals surface area contributed by atoms with Crippen molar-refractivity contribution in [3.8, 4) is 0 Å². The van der Waals surface area contributed by atoms with E-state index in [0.717, 1.165) is 83.5 Å². The molecule has 0 aromatic carbocycles.